The van der Waals surface area contributed by atoms with Crippen molar-refractivity contribution in [3.05, 3.63) is 83.9 Å². The molecule has 0 saturated heterocycles. The molecule has 2 amide bonds. The summed E-state index contributed by atoms with van der Waals surface area (Å²) in [6, 6.07) is 21.7. The molecule has 0 spiro atoms. The van der Waals surface area contributed by atoms with E-state index in [9.17, 15) is 9.59 Å². The number of rotatable bonds is 10. The van der Waals surface area contributed by atoms with Crippen molar-refractivity contribution in [3.63, 3.8) is 0 Å². The lowest BCUT2D eigenvalue weighted by molar-refractivity contribution is -0.142. The van der Waals surface area contributed by atoms with Crippen LogP contribution in [-0.2, 0) is 22.6 Å². The molecule has 1 aromatic heterocycles. The van der Waals surface area contributed by atoms with Gasteiger partial charge in [-0.2, -0.15) is 0 Å². The number of benzene rings is 3. The van der Waals surface area contributed by atoms with Crippen LogP contribution in [0.15, 0.2) is 72.8 Å². The van der Waals surface area contributed by atoms with Crippen LogP contribution in [-0.4, -0.2) is 58.0 Å². The number of ether oxygens (including phenoxy) is 2. The highest BCUT2D eigenvalue weighted by atomic mass is 16.5. The quantitative estimate of drug-likeness (QED) is 0.331. The average Bonchev–Trinajstić information content (AvgIpc) is 3.32. The number of carbonyl (C=O) groups excluding carboxylic acids is 2. The lowest BCUT2D eigenvalue weighted by Crippen LogP contribution is -2.50. The molecule has 1 heterocycles. The van der Waals surface area contributed by atoms with E-state index in [2.05, 4.69) is 15.6 Å². The van der Waals surface area contributed by atoms with Crippen LogP contribution in [0.5, 0.6) is 11.5 Å². The van der Waals surface area contributed by atoms with Crippen molar-refractivity contribution >= 4 is 22.8 Å². The maximum absolute atomic E-state index is 14.1. The molecule has 0 radical (unpaired) electrons. The first-order valence-corrected chi connectivity index (χ1v) is 12.8. The molecule has 204 valence electrons. The number of carbonyl (C=O) groups is 2. The fourth-order valence-electron chi connectivity index (χ4n) is 4.44. The van der Waals surface area contributed by atoms with Crippen LogP contribution in [0.4, 0.5) is 0 Å². The summed E-state index contributed by atoms with van der Waals surface area (Å²) in [7, 11) is 3.11. The minimum atomic E-state index is -0.945. The van der Waals surface area contributed by atoms with Crippen molar-refractivity contribution in [2.75, 3.05) is 20.8 Å². The van der Waals surface area contributed by atoms with Crippen LogP contribution in [0, 0.1) is 0 Å². The summed E-state index contributed by atoms with van der Waals surface area (Å²) in [5, 5.41) is 11.5. The van der Waals surface area contributed by atoms with Gasteiger partial charge < -0.3 is 19.7 Å². The van der Waals surface area contributed by atoms with Gasteiger partial charge in [-0.3, -0.25) is 9.59 Å². The molecule has 3 aromatic carbocycles. The highest BCUT2D eigenvalue weighted by Crippen LogP contribution is 2.31. The molecule has 1 N–H and O–H groups in total. The molecule has 0 unspecified atom stereocenters. The Bertz CT molecular complexity index is 1410. The van der Waals surface area contributed by atoms with Crippen LogP contribution in [0.25, 0.3) is 11.0 Å². The molecule has 1 atom stereocenters. The molecule has 0 fully saturated rings. The van der Waals surface area contributed by atoms with Gasteiger partial charge in [-0.25, -0.2) is 4.68 Å². The van der Waals surface area contributed by atoms with Gasteiger partial charge in [0.15, 0.2) is 0 Å². The summed E-state index contributed by atoms with van der Waals surface area (Å²) < 4.78 is 12.6. The fourth-order valence-corrected chi connectivity index (χ4v) is 4.44. The largest absolute Gasteiger partial charge is 0.497 e. The van der Waals surface area contributed by atoms with E-state index < -0.39 is 11.6 Å². The van der Waals surface area contributed by atoms with Crippen molar-refractivity contribution in [1.82, 2.24) is 25.2 Å². The van der Waals surface area contributed by atoms with E-state index in [1.165, 1.54) is 0 Å². The Hall–Kier alpha value is -4.40. The van der Waals surface area contributed by atoms with Crippen molar-refractivity contribution in [1.29, 1.82) is 0 Å². The van der Waals surface area contributed by atoms with Gasteiger partial charge >= 0.3 is 0 Å². The topological polar surface area (TPSA) is 98.6 Å². The Morgan fingerprint density at radius 1 is 0.949 bits per heavy atom. The van der Waals surface area contributed by atoms with Crippen LogP contribution >= 0.6 is 0 Å². The van der Waals surface area contributed by atoms with E-state index in [1.807, 2.05) is 75.4 Å². The van der Waals surface area contributed by atoms with E-state index in [4.69, 9.17) is 9.47 Å². The maximum atomic E-state index is 14.1. The number of aromatic nitrogens is 3. The molecule has 0 saturated carbocycles. The normalized spacial score (nSPS) is 12.1. The van der Waals surface area contributed by atoms with Crippen molar-refractivity contribution in [2.45, 2.75) is 45.3 Å². The van der Waals surface area contributed by atoms with Crippen molar-refractivity contribution in [2.24, 2.45) is 0 Å². The molecular weight excluding hydrogens is 494 g/mol. The molecule has 0 aliphatic rings. The van der Waals surface area contributed by atoms with Gasteiger partial charge in [-0.15, -0.1) is 5.10 Å². The SMILES string of the molecule is COc1cc(OC)cc([C@@H](C(=O)NC(C)(C)C)N(CCc2ccccc2)C(=O)Cn2nnc3ccccc32)c1. The van der Waals surface area contributed by atoms with Gasteiger partial charge in [-0.1, -0.05) is 47.7 Å². The first-order valence-electron chi connectivity index (χ1n) is 12.8. The summed E-state index contributed by atoms with van der Waals surface area (Å²) in [6.45, 7) is 5.95. The zero-order valence-corrected chi connectivity index (χ0v) is 23.0. The molecule has 0 aliphatic carbocycles. The second-order valence-corrected chi connectivity index (χ2v) is 10.3. The number of hydrogen-bond acceptors (Lipinski definition) is 6. The third-order valence-electron chi connectivity index (χ3n) is 6.26. The van der Waals surface area contributed by atoms with E-state index in [0.29, 0.717) is 35.5 Å². The molecular formula is C30H35N5O4. The molecule has 9 nitrogen and oxygen atoms in total. The summed E-state index contributed by atoms with van der Waals surface area (Å²) in [4.78, 5) is 29.6. The fraction of sp³-hybridized carbons (Fsp3) is 0.333. The average molecular weight is 530 g/mol. The Morgan fingerprint density at radius 3 is 2.23 bits per heavy atom. The Morgan fingerprint density at radius 2 is 1.59 bits per heavy atom. The van der Waals surface area contributed by atoms with Gasteiger partial charge in [0.1, 0.15) is 29.6 Å². The summed E-state index contributed by atoms with van der Waals surface area (Å²) >= 11 is 0. The monoisotopic (exact) mass is 529 g/mol. The number of amides is 2. The maximum Gasteiger partial charge on any atom is 0.247 e. The van der Waals surface area contributed by atoms with Gasteiger partial charge in [0.25, 0.3) is 0 Å². The summed E-state index contributed by atoms with van der Waals surface area (Å²) in [5.41, 5.74) is 2.56. The highest BCUT2D eigenvalue weighted by molar-refractivity contribution is 5.89. The lowest BCUT2D eigenvalue weighted by Gasteiger charge is -2.34. The second-order valence-electron chi connectivity index (χ2n) is 10.3. The standard InChI is InChI=1S/C30H35N5O4/c1-30(2,3)31-29(37)28(22-17-23(38-4)19-24(18-22)39-5)34(16-15-21-11-7-6-8-12-21)27(36)20-35-26-14-10-9-13-25(26)32-33-35/h6-14,17-19,28H,15-16,20H2,1-5H3,(H,31,37)/t28-/m0/s1. The van der Waals surface area contributed by atoms with Gasteiger partial charge in [0, 0.05) is 18.2 Å². The Balaban J connectivity index is 1.78. The smallest absolute Gasteiger partial charge is 0.247 e. The highest BCUT2D eigenvalue weighted by Gasteiger charge is 2.34. The van der Waals surface area contributed by atoms with Crippen molar-refractivity contribution < 1.29 is 19.1 Å². The van der Waals surface area contributed by atoms with E-state index in [0.717, 1.165) is 11.1 Å². The Labute approximate surface area is 228 Å². The van der Waals surface area contributed by atoms with Crippen LogP contribution in [0.2, 0.25) is 0 Å². The van der Waals surface area contributed by atoms with E-state index >= 15 is 0 Å². The number of hydrogen-bond donors (Lipinski definition) is 1. The minimum absolute atomic E-state index is 0.0737. The summed E-state index contributed by atoms with van der Waals surface area (Å²) in [5.74, 6) is 0.478. The van der Waals surface area contributed by atoms with Crippen LogP contribution < -0.4 is 14.8 Å². The van der Waals surface area contributed by atoms with Gasteiger partial charge in [0.2, 0.25) is 11.8 Å². The van der Waals surface area contributed by atoms with Crippen LogP contribution in [0.3, 0.4) is 0 Å². The predicted molar refractivity (Wildman–Crippen MR) is 150 cm³/mol. The van der Waals surface area contributed by atoms with Crippen molar-refractivity contribution in [3.8, 4) is 11.5 Å². The number of fused-ring (bicyclic) bond motifs is 1. The molecule has 4 aromatic rings. The molecule has 0 aliphatic heterocycles. The minimum Gasteiger partial charge on any atom is -0.497 e. The Kier molecular flexibility index (Phi) is 8.49. The molecule has 39 heavy (non-hydrogen) atoms. The number of para-hydroxylation sites is 1. The molecule has 9 heteroatoms. The molecule has 0 bridgehead atoms. The van der Waals surface area contributed by atoms with E-state index in [1.54, 1.807) is 42.0 Å². The van der Waals surface area contributed by atoms with E-state index in [-0.39, 0.29) is 18.4 Å². The predicted octanol–water partition coefficient (Wildman–Crippen LogP) is 4.18. The lowest BCUT2D eigenvalue weighted by atomic mass is 10.00. The molecule has 4 rings (SSSR count). The number of methoxy groups -OCH3 is 2. The first-order chi connectivity index (χ1) is 18.7. The first kappa shape index (κ1) is 27.6. The zero-order valence-electron chi connectivity index (χ0n) is 23.0. The van der Waals surface area contributed by atoms with Gasteiger partial charge in [-0.05, 0) is 62.6 Å². The van der Waals surface area contributed by atoms with Gasteiger partial charge in [0.05, 0.1) is 19.7 Å². The zero-order chi connectivity index (χ0) is 28.0. The second kappa shape index (κ2) is 12.0. The summed E-state index contributed by atoms with van der Waals surface area (Å²) in [6.07, 6.45) is 0.561. The number of nitrogens with zero attached hydrogens (tertiary/aromatic N) is 4. The number of nitrogens with one attached hydrogen (secondary N) is 1. The third kappa shape index (κ3) is 6.93. The third-order valence-corrected chi connectivity index (χ3v) is 6.26. The van der Waals surface area contributed by atoms with Crippen LogP contribution in [0.1, 0.15) is 37.9 Å².